The molecule has 3 N–H and O–H groups in total. The van der Waals surface area contributed by atoms with E-state index in [0.717, 1.165) is 32.1 Å². The highest BCUT2D eigenvalue weighted by Gasteiger charge is 2.49. The summed E-state index contributed by atoms with van der Waals surface area (Å²) in [6, 6.07) is 7.50. The quantitative estimate of drug-likeness (QED) is 0.198. The zero-order valence-corrected chi connectivity index (χ0v) is 25.5. The Hall–Kier alpha value is -2.93. The van der Waals surface area contributed by atoms with E-state index in [1.54, 1.807) is 44.2 Å². The molecule has 3 aromatic rings. The first-order chi connectivity index (χ1) is 20.7. The molecular formula is C29H40N5O8P. The van der Waals surface area contributed by atoms with Crippen molar-refractivity contribution in [3.05, 3.63) is 48.7 Å². The number of imidazole rings is 1. The van der Waals surface area contributed by atoms with Crippen LogP contribution in [0.1, 0.15) is 70.7 Å². The molecule has 1 saturated heterocycles. The predicted molar refractivity (Wildman–Crippen MR) is 156 cm³/mol. The van der Waals surface area contributed by atoms with Gasteiger partial charge in [0.05, 0.1) is 18.1 Å². The predicted octanol–water partition coefficient (Wildman–Crippen LogP) is 3.98. The van der Waals surface area contributed by atoms with Crippen molar-refractivity contribution >= 4 is 24.9 Å². The number of aliphatic hydroxyl groups excluding tert-OH is 2. The Balaban J connectivity index is 1.35. The summed E-state index contributed by atoms with van der Waals surface area (Å²) in [6.07, 6.45) is 2.32. The number of para-hydroxylation sites is 1. The number of benzene rings is 1. The Kier molecular flexibility index (Phi) is 10.1. The van der Waals surface area contributed by atoms with Gasteiger partial charge in [0, 0.05) is 0 Å². The zero-order valence-electron chi connectivity index (χ0n) is 24.6. The lowest BCUT2D eigenvalue weighted by molar-refractivity contribution is -0.153. The van der Waals surface area contributed by atoms with Crippen molar-refractivity contribution in [1.29, 1.82) is 0 Å². The van der Waals surface area contributed by atoms with Crippen LogP contribution in [0.2, 0.25) is 0 Å². The Morgan fingerprint density at radius 1 is 1.14 bits per heavy atom. The maximum Gasteiger partial charge on any atom is 0.459 e. The van der Waals surface area contributed by atoms with Crippen LogP contribution in [-0.2, 0) is 23.4 Å². The van der Waals surface area contributed by atoms with Gasteiger partial charge in [-0.3, -0.25) is 13.9 Å². The van der Waals surface area contributed by atoms with Crippen LogP contribution in [0.3, 0.4) is 0 Å². The van der Waals surface area contributed by atoms with E-state index in [2.05, 4.69) is 20.0 Å². The second kappa shape index (κ2) is 13.8. The first kappa shape index (κ1) is 31.5. The number of rotatable bonds is 12. The Morgan fingerprint density at radius 2 is 1.88 bits per heavy atom. The standard InChI is InChI=1S/C29H40N5O8P/c1-4-11-22(29(37)39-20-12-7-5-8-13-20)33-43(38,42-21-14-9-6-10-15-21)41-19(3)26-24(35)25(36)28(40-26)34-17-32-23-18(2)30-16-31-27(23)34/h6,9-10,14-17,19-20,22,24-26,28,35-36H,4-5,7-8,11-13H2,1-3H3,(H,33,38)/t19?,22?,24-,25+,26+,28+,43?/m0/s1. The number of esters is 1. The number of hydrogen-bond donors (Lipinski definition) is 3. The smallest absolute Gasteiger partial charge is 0.459 e. The molecule has 1 aromatic carbocycles. The van der Waals surface area contributed by atoms with Gasteiger partial charge in [-0.15, -0.1) is 0 Å². The highest BCUT2D eigenvalue weighted by molar-refractivity contribution is 7.52. The van der Waals surface area contributed by atoms with Crippen LogP contribution in [-0.4, -0.2) is 72.3 Å². The number of nitrogens with zero attached hydrogens (tertiary/aromatic N) is 4. The average molecular weight is 618 g/mol. The van der Waals surface area contributed by atoms with Gasteiger partial charge in [0.2, 0.25) is 0 Å². The average Bonchev–Trinajstić information content (AvgIpc) is 3.55. The van der Waals surface area contributed by atoms with E-state index in [0.29, 0.717) is 29.7 Å². The van der Waals surface area contributed by atoms with Gasteiger partial charge in [-0.1, -0.05) is 38.0 Å². The summed E-state index contributed by atoms with van der Waals surface area (Å²) in [5.41, 5.74) is 1.61. The van der Waals surface area contributed by atoms with Crippen LogP contribution in [0.4, 0.5) is 0 Å². The maximum atomic E-state index is 14.3. The lowest BCUT2D eigenvalue weighted by Gasteiger charge is -2.30. The van der Waals surface area contributed by atoms with E-state index in [4.69, 9.17) is 18.5 Å². The molecule has 0 spiro atoms. The minimum absolute atomic E-state index is 0.176. The first-order valence-corrected chi connectivity index (χ1v) is 16.4. The number of fused-ring (bicyclic) bond motifs is 1. The molecular weight excluding hydrogens is 577 g/mol. The minimum atomic E-state index is -4.28. The Labute approximate surface area is 250 Å². The second-order valence-electron chi connectivity index (χ2n) is 11.1. The Bertz CT molecular complexity index is 1420. The Morgan fingerprint density at radius 3 is 2.60 bits per heavy atom. The third kappa shape index (κ3) is 7.25. The molecule has 7 atom stereocenters. The molecule has 2 aromatic heterocycles. The molecule has 234 valence electrons. The molecule has 0 bridgehead atoms. The van der Waals surface area contributed by atoms with Crippen LogP contribution in [0.5, 0.6) is 5.75 Å². The number of hydrogen-bond acceptors (Lipinski definition) is 11. The lowest BCUT2D eigenvalue weighted by atomic mass is 9.98. The van der Waals surface area contributed by atoms with E-state index in [1.165, 1.54) is 17.2 Å². The molecule has 13 nitrogen and oxygen atoms in total. The molecule has 0 radical (unpaired) electrons. The fourth-order valence-electron chi connectivity index (χ4n) is 5.58. The molecule has 1 saturated carbocycles. The third-order valence-electron chi connectivity index (χ3n) is 7.84. The van der Waals surface area contributed by atoms with Gasteiger partial charge in [-0.25, -0.2) is 19.5 Å². The van der Waals surface area contributed by atoms with Crippen molar-refractivity contribution in [2.75, 3.05) is 0 Å². The molecule has 2 aliphatic rings. The van der Waals surface area contributed by atoms with Crippen molar-refractivity contribution in [3.8, 4) is 5.75 Å². The van der Waals surface area contributed by atoms with E-state index in [9.17, 15) is 19.6 Å². The lowest BCUT2D eigenvalue weighted by Crippen LogP contribution is -2.42. The highest BCUT2D eigenvalue weighted by Crippen LogP contribution is 2.48. The van der Waals surface area contributed by atoms with Crippen LogP contribution in [0.25, 0.3) is 11.2 Å². The van der Waals surface area contributed by atoms with Crippen molar-refractivity contribution in [3.63, 3.8) is 0 Å². The fraction of sp³-hybridized carbons (Fsp3) is 0.586. The number of nitrogens with one attached hydrogen (secondary N) is 1. The van der Waals surface area contributed by atoms with Crippen molar-refractivity contribution < 1.29 is 38.1 Å². The maximum absolute atomic E-state index is 14.3. The van der Waals surface area contributed by atoms with Crippen molar-refractivity contribution in [2.24, 2.45) is 0 Å². The van der Waals surface area contributed by atoms with Gasteiger partial charge in [0.15, 0.2) is 11.9 Å². The number of aromatic nitrogens is 4. The molecule has 3 heterocycles. The summed E-state index contributed by atoms with van der Waals surface area (Å²) >= 11 is 0. The number of ether oxygens (including phenoxy) is 2. The molecule has 14 heteroatoms. The van der Waals surface area contributed by atoms with Crippen molar-refractivity contribution in [2.45, 2.75) is 109 Å². The largest absolute Gasteiger partial charge is 0.461 e. The highest BCUT2D eigenvalue weighted by atomic mass is 31.2. The van der Waals surface area contributed by atoms with Gasteiger partial charge in [0.1, 0.15) is 48.1 Å². The normalized spacial score (nSPS) is 25.7. The molecule has 5 rings (SSSR count). The summed E-state index contributed by atoms with van der Waals surface area (Å²) in [4.78, 5) is 26.0. The molecule has 3 unspecified atom stereocenters. The number of aliphatic hydroxyl groups is 2. The summed E-state index contributed by atoms with van der Waals surface area (Å²) in [5, 5.41) is 24.8. The summed E-state index contributed by atoms with van der Waals surface area (Å²) in [6.45, 7) is 5.25. The summed E-state index contributed by atoms with van der Waals surface area (Å²) < 4.78 is 39.6. The van der Waals surface area contributed by atoms with Crippen LogP contribution in [0.15, 0.2) is 43.0 Å². The third-order valence-corrected chi connectivity index (χ3v) is 9.53. The number of aryl methyl sites for hydroxylation is 1. The van der Waals surface area contributed by atoms with E-state index in [1.807, 2.05) is 6.92 Å². The topological polar surface area (TPSA) is 167 Å². The fourth-order valence-corrected chi connectivity index (χ4v) is 7.31. The second-order valence-corrected chi connectivity index (χ2v) is 12.8. The number of carbonyl (C=O) groups is 1. The zero-order chi connectivity index (χ0) is 30.6. The van der Waals surface area contributed by atoms with E-state index >= 15 is 0 Å². The molecule has 43 heavy (non-hydrogen) atoms. The van der Waals surface area contributed by atoms with Gasteiger partial charge in [-0.05, 0) is 58.1 Å². The van der Waals surface area contributed by atoms with Gasteiger partial charge in [0.25, 0.3) is 0 Å². The van der Waals surface area contributed by atoms with Crippen LogP contribution >= 0.6 is 7.75 Å². The molecule has 0 amide bonds. The molecule has 1 aliphatic carbocycles. The van der Waals surface area contributed by atoms with Crippen LogP contribution < -0.4 is 9.61 Å². The molecule has 2 fully saturated rings. The van der Waals surface area contributed by atoms with Crippen molar-refractivity contribution in [1.82, 2.24) is 24.6 Å². The van der Waals surface area contributed by atoms with E-state index in [-0.39, 0.29) is 11.9 Å². The minimum Gasteiger partial charge on any atom is -0.461 e. The SMILES string of the molecule is CCCC(NP(=O)(Oc1ccccc1)OC(C)[C@H]1O[C@@H](n2cnc3c(C)ncnc32)[C@H](O)[C@@H]1O)C(=O)OC1CCCCC1. The van der Waals surface area contributed by atoms with Gasteiger partial charge in [-0.2, -0.15) is 5.09 Å². The van der Waals surface area contributed by atoms with Crippen LogP contribution in [0, 0.1) is 6.92 Å². The van der Waals surface area contributed by atoms with Gasteiger partial charge >= 0.3 is 13.7 Å². The first-order valence-electron chi connectivity index (χ1n) is 14.9. The van der Waals surface area contributed by atoms with E-state index < -0.39 is 50.4 Å². The summed E-state index contributed by atoms with van der Waals surface area (Å²) in [7, 11) is -4.28. The molecule has 1 aliphatic heterocycles. The monoisotopic (exact) mass is 617 g/mol. The number of carbonyl (C=O) groups excluding carboxylic acids is 1. The van der Waals surface area contributed by atoms with Gasteiger partial charge < -0.3 is 24.2 Å². The summed E-state index contributed by atoms with van der Waals surface area (Å²) in [5.74, 6) is -0.258.